The Morgan fingerprint density at radius 1 is 1.33 bits per heavy atom. The van der Waals surface area contributed by atoms with E-state index in [1.54, 1.807) is 0 Å². The van der Waals surface area contributed by atoms with Gasteiger partial charge in [0.05, 0.1) is 11.5 Å². The Bertz CT molecular complexity index is 350. The highest BCUT2D eigenvalue weighted by Gasteiger charge is 2.34. The van der Waals surface area contributed by atoms with Crippen LogP contribution < -0.4 is 5.32 Å². The molecular weight excluding hydrogens is 248 g/mol. The Morgan fingerprint density at radius 2 is 1.94 bits per heavy atom. The Hall–Kier alpha value is -0.130. The number of rotatable bonds is 6. The van der Waals surface area contributed by atoms with Gasteiger partial charge in [0.1, 0.15) is 0 Å². The summed E-state index contributed by atoms with van der Waals surface area (Å²) in [6.07, 6.45) is 2.25. The minimum atomic E-state index is -2.80. The second kappa shape index (κ2) is 6.35. The highest BCUT2D eigenvalue weighted by Crippen LogP contribution is 2.28. The molecule has 1 rings (SSSR count). The summed E-state index contributed by atoms with van der Waals surface area (Å²) in [4.78, 5) is 2.35. The molecule has 0 radical (unpaired) electrons. The summed E-state index contributed by atoms with van der Waals surface area (Å²) in [7, 11) is -0.813. The summed E-state index contributed by atoms with van der Waals surface area (Å²) in [6, 6.07) is 0.151. The zero-order chi connectivity index (χ0) is 13.8. The van der Waals surface area contributed by atoms with Crippen LogP contribution in [0.2, 0.25) is 0 Å². The standard InChI is InChI=1S/C13H28N2O2S/c1-5-13(6-2,10-14-4)11-15-7-8-18(16,17)9-12(15)3/h12,14H,5-11H2,1-4H3. The van der Waals surface area contributed by atoms with E-state index in [4.69, 9.17) is 0 Å². The Labute approximate surface area is 112 Å². The van der Waals surface area contributed by atoms with Crippen molar-refractivity contribution in [2.45, 2.75) is 39.7 Å². The molecule has 1 fully saturated rings. The number of nitrogens with one attached hydrogen (secondary N) is 1. The molecule has 0 aromatic carbocycles. The van der Waals surface area contributed by atoms with Crippen LogP contribution in [0.5, 0.6) is 0 Å². The lowest BCUT2D eigenvalue weighted by Gasteiger charge is -2.41. The highest BCUT2D eigenvalue weighted by molar-refractivity contribution is 7.91. The normalized spacial score (nSPS) is 25.2. The minimum Gasteiger partial charge on any atom is -0.319 e. The van der Waals surface area contributed by atoms with Crippen LogP contribution in [0.4, 0.5) is 0 Å². The summed E-state index contributed by atoms with van der Waals surface area (Å²) in [5.74, 6) is 0.635. The van der Waals surface area contributed by atoms with Crippen LogP contribution in [0.25, 0.3) is 0 Å². The SMILES string of the molecule is CCC(CC)(CNC)CN1CCS(=O)(=O)CC1C. The summed E-state index contributed by atoms with van der Waals surface area (Å²) < 4.78 is 23.2. The van der Waals surface area contributed by atoms with Gasteiger partial charge in [-0.1, -0.05) is 13.8 Å². The average Bonchev–Trinajstić information content (AvgIpc) is 2.31. The second-order valence-corrected chi connectivity index (χ2v) is 7.90. The Morgan fingerprint density at radius 3 is 2.39 bits per heavy atom. The van der Waals surface area contributed by atoms with Crippen molar-refractivity contribution in [1.82, 2.24) is 10.2 Å². The molecule has 5 heteroatoms. The fraction of sp³-hybridized carbons (Fsp3) is 1.00. The average molecular weight is 276 g/mol. The first-order valence-electron chi connectivity index (χ1n) is 6.97. The molecule has 0 aromatic rings. The summed E-state index contributed by atoms with van der Waals surface area (Å²) in [5.41, 5.74) is 0.268. The van der Waals surface area contributed by atoms with Crippen LogP contribution >= 0.6 is 0 Å². The zero-order valence-corrected chi connectivity index (χ0v) is 13.0. The van der Waals surface area contributed by atoms with E-state index in [-0.39, 0.29) is 11.5 Å². The van der Waals surface area contributed by atoms with E-state index in [1.807, 2.05) is 14.0 Å². The zero-order valence-electron chi connectivity index (χ0n) is 12.2. The maximum absolute atomic E-state index is 11.6. The van der Waals surface area contributed by atoms with Gasteiger partial charge in [0.25, 0.3) is 0 Å². The van der Waals surface area contributed by atoms with Crippen molar-refractivity contribution in [3.63, 3.8) is 0 Å². The van der Waals surface area contributed by atoms with Gasteiger partial charge < -0.3 is 5.32 Å². The molecule has 0 aliphatic carbocycles. The third-order valence-corrected chi connectivity index (χ3v) is 6.19. The molecule has 0 aromatic heterocycles. The van der Waals surface area contributed by atoms with Gasteiger partial charge in [0.15, 0.2) is 9.84 Å². The first-order valence-corrected chi connectivity index (χ1v) is 8.79. The van der Waals surface area contributed by atoms with Crippen LogP contribution in [0.1, 0.15) is 33.6 Å². The molecule has 1 heterocycles. The molecule has 1 aliphatic rings. The summed E-state index contributed by atoms with van der Waals surface area (Å²) >= 11 is 0. The van der Waals surface area contributed by atoms with Gasteiger partial charge in [0.2, 0.25) is 0 Å². The molecule has 0 spiro atoms. The van der Waals surface area contributed by atoms with Gasteiger partial charge in [-0.3, -0.25) is 4.90 Å². The van der Waals surface area contributed by atoms with Gasteiger partial charge in [-0.2, -0.15) is 0 Å². The minimum absolute atomic E-state index is 0.151. The Kier molecular flexibility index (Phi) is 5.62. The number of hydrogen-bond acceptors (Lipinski definition) is 4. The predicted molar refractivity (Wildman–Crippen MR) is 76.6 cm³/mol. The first kappa shape index (κ1) is 15.9. The van der Waals surface area contributed by atoms with E-state index in [0.717, 1.165) is 25.9 Å². The maximum atomic E-state index is 11.6. The first-order chi connectivity index (χ1) is 8.38. The van der Waals surface area contributed by atoms with Crippen molar-refractivity contribution < 1.29 is 8.42 Å². The van der Waals surface area contributed by atoms with Crippen molar-refractivity contribution in [1.29, 1.82) is 0 Å². The van der Waals surface area contributed by atoms with Crippen LogP contribution in [0, 0.1) is 5.41 Å². The fourth-order valence-electron chi connectivity index (χ4n) is 2.85. The molecule has 108 valence electrons. The molecule has 4 nitrogen and oxygen atoms in total. The second-order valence-electron chi connectivity index (χ2n) is 5.67. The largest absolute Gasteiger partial charge is 0.319 e. The molecule has 18 heavy (non-hydrogen) atoms. The fourth-order valence-corrected chi connectivity index (χ4v) is 4.48. The maximum Gasteiger partial charge on any atom is 0.153 e. The van der Waals surface area contributed by atoms with Crippen LogP contribution in [0.15, 0.2) is 0 Å². The van der Waals surface area contributed by atoms with Crippen molar-refractivity contribution in [3.8, 4) is 0 Å². The van der Waals surface area contributed by atoms with E-state index in [9.17, 15) is 8.42 Å². The van der Waals surface area contributed by atoms with Crippen LogP contribution in [0.3, 0.4) is 0 Å². The van der Waals surface area contributed by atoms with Gasteiger partial charge in [-0.05, 0) is 32.2 Å². The van der Waals surface area contributed by atoms with Gasteiger partial charge >= 0.3 is 0 Å². The van der Waals surface area contributed by atoms with Gasteiger partial charge in [-0.15, -0.1) is 0 Å². The van der Waals surface area contributed by atoms with Crippen molar-refractivity contribution >= 4 is 9.84 Å². The smallest absolute Gasteiger partial charge is 0.153 e. The topological polar surface area (TPSA) is 49.4 Å². The van der Waals surface area contributed by atoms with E-state index in [2.05, 4.69) is 24.1 Å². The lowest BCUT2D eigenvalue weighted by atomic mass is 9.81. The summed E-state index contributed by atoms with van der Waals surface area (Å²) in [6.45, 7) is 9.17. The van der Waals surface area contributed by atoms with Gasteiger partial charge in [-0.25, -0.2) is 8.42 Å². The molecule has 1 saturated heterocycles. The molecule has 1 unspecified atom stereocenters. The van der Waals surface area contributed by atoms with E-state index < -0.39 is 9.84 Å². The molecule has 0 bridgehead atoms. The van der Waals surface area contributed by atoms with E-state index in [0.29, 0.717) is 18.1 Å². The van der Waals surface area contributed by atoms with Crippen LogP contribution in [-0.4, -0.2) is 57.5 Å². The van der Waals surface area contributed by atoms with E-state index in [1.165, 1.54) is 0 Å². The number of hydrogen-bond donors (Lipinski definition) is 1. The lowest BCUT2D eigenvalue weighted by molar-refractivity contribution is 0.114. The van der Waals surface area contributed by atoms with E-state index >= 15 is 0 Å². The number of sulfone groups is 1. The van der Waals surface area contributed by atoms with Gasteiger partial charge in [0, 0.05) is 25.7 Å². The molecule has 1 N–H and O–H groups in total. The monoisotopic (exact) mass is 276 g/mol. The molecule has 1 atom stereocenters. The lowest BCUT2D eigenvalue weighted by Crippen LogP contribution is -2.52. The van der Waals surface area contributed by atoms with Crippen molar-refractivity contribution in [3.05, 3.63) is 0 Å². The van der Waals surface area contributed by atoms with Crippen molar-refractivity contribution in [2.24, 2.45) is 5.41 Å². The molecule has 0 saturated carbocycles. The quantitative estimate of drug-likeness (QED) is 0.790. The third kappa shape index (κ3) is 3.93. The summed E-state index contributed by atoms with van der Waals surface area (Å²) in [5, 5.41) is 3.29. The highest BCUT2D eigenvalue weighted by atomic mass is 32.2. The van der Waals surface area contributed by atoms with Crippen LogP contribution in [-0.2, 0) is 9.84 Å². The number of nitrogens with zero attached hydrogens (tertiary/aromatic N) is 1. The van der Waals surface area contributed by atoms with Crippen molar-refractivity contribution in [2.75, 3.05) is 38.2 Å². The predicted octanol–water partition coefficient (Wildman–Crippen LogP) is 1.13. The third-order valence-electron chi connectivity index (χ3n) is 4.40. The molecule has 0 amide bonds. The molecular formula is C13H28N2O2S. The Balaban J connectivity index is 2.70. The molecule has 1 aliphatic heterocycles.